The van der Waals surface area contributed by atoms with Crippen LogP contribution in [0.5, 0.6) is 0 Å². The van der Waals surface area contributed by atoms with Crippen molar-refractivity contribution in [2.45, 2.75) is 44.7 Å². The third kappa shape index (κ3) is 4.32. The number of carboxylic acids is 1. The van der Waals surface area contributed by atoms with E-state index in [-0.39, 0.29) is 13.0 Å². The van der Waals surface area contributed by atoms with Gasteiger partial charge in [-0.15, -0.1) is 0 Å². The minimum Gasteiger partial charge on any atom is -0.481 e. The molecule has 0 saturated heterocycles. The molecular formula is C16H23NO3. The van der Waals surface area contributed by atoms with E-state index in [1.807, 2.05) is 24.3 Å². The predicted octanol–water partition coefficient (Wildman–Crippen LogP) is 2.05. The van der Waals surface area contributed by atoms with Gasteiger partial charge in [0, 0.05) is 19.1 Å². The van der Waals surface area contributed by atoms with Gasteiger partial charge in [-0.2, -0.15) is 0 Å². The lowest BCUT2D eigenvalue weighted by Gasteiger charge is -2.28. The molecule has 4 nitrogen and oxygen atoms in total. The van der Waals surface area contributed by atoms with Crippen LogP contribution in [0.3, 0.4) is 0 Å². The first-order chi connectivity index (χ1) is 9.69. The minimum atomic E-state index is -0.800. The molecule has 1 fully saturated rings. The maximum absolute atomic E-state index is 10.7. The number of carbonyl (C=O) groups is 1. The molecule has 0 aromatic heterocycles. The second-order valence-corrected chi connectivity index (χ2v) is 5.52. The van der Waals surface area contributed by atoms with Gasteiger partial charge >= 0.3 is 5.97 Å². The Morgan fingerprint density at radius 1 is 1.15 bits per heavy atom. The molecule has 0 amide bonds. The molecule has 1 aliphatic carbocycles. The molecule has 0 spiro atoms. The van der Waals surface area contributed by atoms with Crippen LogP contribution in [0.25, 0.3) is 0 Å². The van der Waals surface area contributed by atoms with Crippen molar-refractivity contribution in [3.63, 3.8) is 0 Å². The summed E-state index contributed by atoms with van der Waals surface area (Å²) < 4.78 is 0. The van der Waals surface area contributed by atoms with E-state index in [0.717, 1.165) is 12.1 Å². The van der Waals surface area contributed by atoms with E-state index in [9.17, 15) is 9.90 Å². The highest BCUT2D eigenvalue weighted by atomic mass is 16.4. The molecule has 2 rings (SSSR count). The Kier molecular flexibility index (Phi) is 5.56. The van der Waals surface area contributed by atoms with Crippen LogP contribution in [-0.2, 0) is 17.8 Å². The average Bonchev–Trinajstić information content (AvgIpc) is 2.94. The maximum Gasteiger partial charge on any atom is 0.307 e. The number of carboxylic acid groups (broad SMARTS) is 1. The number of aliphatic hydroxyl groups excluding tert-OH is 1. The zero-order valence-corrected chi connectivity index (χ0v) is 11.8. The Balaban J connectivity index is 1.97. The number of aliphatic hydroxyl groups is 1. The summed E-state index contributed by atoms with van der Waals surface area (Å²) >= 11 is 0. The van der Waals surface area contributed by atoms with E-state index >= 15 is 0 Å². The number of rotatable bonds is 7. The molecule has 0 heterocycles. The number of hydrogen-bond donors (Lipinski definition) is 2. The average molecular weight is 277 g/mol. The lowest BCUT2D eigenvalue weighted by atomic mass is 10.1. The van der Waals surface area contributed by atoms with Crippen molar-refractivity contribution in [2.24, 2.45) is 0 Å². The summed E-state index contributed by atoms with van der Waals surface area (Å²) in [5.74, 6) is -0.800. The normalized spacial score (nSPS) is 15.9. The third-order valence-electron chi connectivity index (χ3n) is 3.99. The quantitative estimate of drug-likeness (QED) is 0.801. The molecule has 0 bridgehead atoms. The summed E-state index contributed by atoms with van der Waals surface area (Å²) in [6, 6.07) is 8.35. The van der Waals surface area contributed by atoms with Crippen LogP contribution in [0.4, 0.5) is 0 Å². The van der Waals surface area contributed by atoms with E-state index < -0.39 is 5.97 Å². The Morgan fingerprint density at radius 3 is 2.30 bits per heavy atom. The van der Waals surface area contributed by atoms with Gasteiger partial charge in [-0.05, 0) is 24.0 Å². The van der Waals surface area contributed by atoms with E-state index in [2.05, 4.69) is 4.90 Å². The highest BCUT2D eigenvalue weighted by Gasteiger charge is 2.22. The van der Waals surface area contributed by atoms with Gasteiger partial charge in [0.15, 0.2) is 0 Å². The molecule has 2 N–H and O–H groups in total. The lowest BCUT2D eigenvalue weighted by molar-refractivity contribution is -0.136. The molecule has 0 aliphatic heterocycles. The van der Waals surface area contributed by atoms with Gasteiger partial charge in [-0.25, -0.2) is 0 Å². The summed E-state index contributed by atoms with van der Waals surface area (Å²) in [5, 5.41) is 18.0. The monoisotopic (exact) mass is 277 g/mol. The number of hydrogen-bond acceptors (Lipinski definition) is 3. The molecule has 110 valence electrons. The van der Waals surface area contributed by atoms with Crippen LogP contribution >= 0.6 is 0 Å². The van der Waals surface area contributed by atoms with Crippen LogP contribution in [0.15, 0.2) is 24.3 Å². The van der Waals surface area contributed by atoms with E-state index in [4.69, 9.17) is 5.11 Å². The van der Waals surface area contributed by atoms with Gasteiger partial charge in [0.1, 0.15) is 0 Å². The molecule has 0 unspecified atom stereocenters. The first-order valence-corrected chi connectivity index (χ1v) is 7.33. The molecule has 1 aliphatic rings. The molecule has 0 atom stereocenters. The van der Waals surface area contributed by atoms with Crippen LogP contribution < -0.4 is 0 Å². The van der Waals surface area contributed by atoms with Crippen molar-refractivity contribution in [1.29, 1.82) is 0 Å². The van der Waals surface area contributed by atoms with E-state index in [1.54, 1.807) is 0 Å². The summed E-state index contributed by atoms with van der Waals surface area (Å²) in [6.45, 7) is 1.73. The van der Waals surface area contributed by atoms with Gasteiger partial charge < -0.3 is 10.2 Å². The van der Waals surface area contributed by atoms with Gasteiger partial charge in [-0.1, -0.05) is 37.1 Å². The molecule has 20 heavy (non-hydrogen) atoms. The molecule has 0 radical (unpaired) electrons. The van der Waals surface area contributed by atoms with Crippen molar-refractivity contribution in [3.8, 4) is 0 Å². The number of benzene rings is 1. The Hall–Kier alpha value is -1.39. The van der Waals surface area contributed by atoms with Gasteiger partial charge in [0.25, 0.3) is 0 Å². The van der Waals surface area contributed by atoms with Gasteiger partial charge in [0.2, 0.25) is 0 Å². The minimum absolute atomic E-state index is 0.0727. The summed E-state index contributed by atoms with van der Waals surface area (Å²) in [4.78, 5) is 13.0. The second-order valence-electron chi connectivity index (χ2n) is 5.52. The zero-order chi connectivity index (χ0) is 14.4. The van der Waals surface area contributed by atoms with Crippen molar-refractivity contribution < 1.29 is 15.0 Å². The Morgan fingerprint density at radius 2 is 1.75 bits per heavy atom. The second kappa shape index (κ2) is 7.41. The molecule has 1 saturated carbocycles. The van der Waals surface area contributed by atoms with Crippen LogP contribution in [0.1, 0.15) is 36.8 Å². The van der Waals surface area contributed by atoms with Crippen molar-refractivity contribution >= 4 is 5.97 Å². The SMILES string of the molecule is O=C(O)Cc1ccc(CN(CCO)C2CCCC2)cc1. The van der Waals surface area contributed by atoms with Crippen LogP contribution in [0.2, 0.25) is 0 Å². The lowest BCUT2D eigenvalue weighted by Crippen LogP contribution is -2.35. The Labute approximate surface area is 120 Å². The van der Waals surface area contributed by atoms with Crippen molar-refractivity contribution in [2.75, 3.05) is 13.2 Å². The largest absolute Gasteiger partial charge is 0.481 e. The highest BCUT2D eigenvalue weighted by molar-refractivity contribution is 5.70. The van der Waals surface area contributed by atoms with E-state index in [1.165, 1.54) is 31.2 Å². The highest BCUT2D eigenvalue weighted by Crippen LogP contribution is 2.24. The zero-order valence-electron chi connectivity index (χ0n) is 11.8. The predicted molar refractivity (Wildman–Crippen MR) is 77.5 cm³/mol. The van der Waals surface area contributed by atoms with Crippen molar-refractivity contribution in [1.82, 2.24) is 4.90 Å². The fourth-order valence-corrected chi connectivity index (χ4v) is 2.96. The molecule has 4 heteroatoms. The van der Waals surface area contributed by atoms with Crippen LogP contribution in [0, 0.1) is 0 Å². The first-order valence-electron chi connectivity index (χ1n) is 7.33. The van der Waals surface area contributed by atoms with Crippen molar-refractivity contribution in [3.05, 3.63) is 35.4 Å². The van der Waals surface area contributed by atoms with Gasteiger partial charge in [0.05, 0.1) is 13.0 Å². The van der Waals surface area contributed by atoms with Crippen LogP contribution in [-0.4, -0.2) is 40.3 Å². The van der Waals surface area contributed by atoms with E-state index in [0.29, 0.717) is 12.6 Å². The topological polar surface area (TPSA) is 60.8 Å². The fraction of sp³-hybridized carbons (Fsp3) is 0.562. The summed E-state index contributed by atoms with van der Waals surface area (Å²) in [7, 11) is 0. The third-order valence-corrected chi connectivity index (χ3v) is 3.99. The summed E-state index contributed by atoms with van der Waals surface area (Å²) in [6.07, 6.45) is 5.08. The first kappa shape index (κ1) is 15.0. The Bertz CT molecular complexity index is 424. The molecule has 1 aromatic rings. The number of nitrogens with zero attached hydrogens (tertiary/aromatic N) is 1. The number of aliphatic carboxylic acids is 1. The molecule has 1 aromatic carbocycles. The van der Waals surface area contributed by atoms with Gasteiger partial charge in [-0.3, -0.25) is 9.69 Å². The summed E-state index contributed by atoms with van der Waals surface area (Å²) in [5.41, 5.74) is 2.01. The maximum atomic E-state index is 10.7. The standard InChI is InChI=1S/C16H23NO3/c18-10-9-17(15-3-1-2-4-15)12-14-7-5-13(6-8-14)11-16(19)20/h5-8,15,18H,1-4,9-12H2,(H,19,20). The smallest absolute Gasteiger partial charge is 0.307 e. The molecular weight excluding hydrogens is 254 g/mol. The fourth-order valence-electron chi connectivity index (χ4n) is 2.96.